The molecular weight excluding hydrogens is 437 g/mol. The van der Waals surface area contributed by atoms with Crippen LogP contribution in [0.1, 0.15) is 54.3 Å². The van der Waals surface area contributed by atoms with E-state index < -0.39 is 11.4 Å². The second-order valence-corrected chi connectivity index (χ2v) is 9.78. The largest absolute Gasteiger partial charge is 0.508 e. The highest BCUT2D eigenvalue weighted by molar-refractivity contribution is 5.90. The third-order valence-electron chi connectivity index (χ3n) is 7.59. The van der Waals surface area contributed by atoms with Crippen molar-refractivity contribution in [2.24, 2.45) is 5.41 Å². The Kier molecular flexibility index (Phi) is 5.86. The second kappa shape index (κ2) is 8.71. The molecule has 0 atom stereocenters. The van der Waals surface area contributed by atoms with Crippen molar-refractivity contribution in [3.05, 3.63) is 59.0 Å². The van der Waals surface area contributed by atoms with Crippen LogP contribution in [-0.2, 0) is 14.3 Å². The molecule has 0 unspecified atom stereocenters. The number of ether oxygens (including phenoxy) is 2. The van der Waals surface area contributed by atoms with Gasteiger partial charge in [0.05, 0.1) is 17.5 Å². The summed E-state index contributed by atoms with van der Waals surface area (Å²) in [4.78, 5) is 12.1. The van der Waals surface area contributed by atoms with Gasteiger partial charge in [-0.25, -0.2) is 4.39 Å². The zero-order valence-corrected chi connectivity index (χ0v) is 19.5. The van der Waals surface area contributed by atoms with Crippen molar-refractivity contribution in [3.8, 4) is 11.4 Å². The fraction of sp³-hybridized carbons (Fsp3) is 0.444. The quantitative estimate of drug-likeness (QED) is 0.516. The van der Waals surface area contributed by atoms with Crippen molar-refractivity contribution in [1.29, 1.82) is 0 Å². The van der Waals surface area contributed by atoms with Gasteiger partial charge in [0.25, 0.3) is 0 Å². The highest BCUT2D eigenvalue weighted by atomic mass is 19.1. The van der Waals surface area contributed by atoms with Gasteiger partial charge in [0.2, 0.25) is 0 Å². The van der Waals surface area contributed by atoms with Gasteiger partial charge in [-0.3, -0.25) is 4.79 Å². The first kappa shape index (κ1) is 22.9. The molecule has 1 aliphatic carbocycles. The summed E-state index contributed by atoms with van der Waals surface area (Å²) in [5.74, 6) is -0.683. The number of hydrogen-bond donors (Lipinski definition) is 2. The summed E-state index contributed by atoms with van der Waals surface area (Å²) < 4.78 is 27.2. The number of carboxylic acids is 1. The molecule has 0 radical (unpaired) electrons. The Morgan fingerprint density at radius 2 is 1.91 bits per heavy atom. The number of phenolic OH excluding ortho intramolecular Hbond substituents is 1. The normalized spacial score (nSPS) is 23.2. The molecule has 5 rings (SSSR count). The van der Waals surface area contributed by atoms with Gasteiger partial charge in [-0.1, -0.05) is 0 Å². The van der Waals surface area contributed by atoms with Gasteiger partial charge in [0.15, 0.2) is 0 Å². The highest BCUT2D eigenvalue weighted by Crippen LogP contribution is 2.56. The standard InChI is InChI=1S/C27H30FNO5/c1-16-11-19(3-5-22(16)28)29-23-6-4-20(30)12-21(23)24(25(29)17-7-9-34-10-8-17)18-13-27(14-18,15-33-2)26(31)32/h3-6,11-12,17-18,30H,7-10,13-15H2,1-2H3,(H,31,32)/t18-,27+. The van der Waals surface area contributed by atoms with E-state index in [1.807, 2.05) is 12.1 Å². The Morgan fingerprint density at radius 3 is 2.56 bits per heavy atom. The molecule has 1 aromatic heterocycles. The number of aliphatic carboxylic acids is 1. The van der Waals surface area contributed by atoms with Gasteiger partial charge in [0.1, 0.15) is 11.6 Å². The Hall–Kier alpha value is -2.90. The Labute approximate surface area is 197 Å². The van der Waals surface area contributed by atoms with Crippen LogP contribution >= 0.6 is 0 Å². The summed E-state index contributed by atoms with van der Waals surface area (Å²) in [5, 5.41) is 21.2. The number of aromatic hydroxyl groups is 1. The second-order valence-electron chi connectivity index (χ2n) is 9.78. The van der Waals surface area contributed by atoms with Crippen LogP contribution in [0, 0.1) is 18.2 Å². The third-order valence-corrected chi connectivity index (χ3v) is 7.59. The number of methoxy groups -OCH3 is 1. The molecule has 2 aliphatic rings. The first-order valence-corrected chi connectivity index (χ1v) is 11.8. The van der Waals surface area contributed by atoms with Crippen LogP contribution in [0.15, 0.2) is 36.4 Å². The number of carbonyl (C=O) groups is 1. The minimum absolute atomic E-state index is 0.0243. The number of benzene rings is 2. The summed E-state index contributed by atoms with van der Waals surface area (Å²) in [5.41, 5.74) is 3.67. The maximum Gasteiger partial charge on any atom is 0.312 e. The molecule has 0 spiro atoms. The van der Waals surface area contributed by atoms with E-state index in [9.17, 15) is 19.4 Å². The number of halogens is 1. The molecule has 1 saturated heterocycles. The minimum atomic E-state index is -0.899. The maximum absolute atomic E-state index is 14.1. The molecule has 7 heteroatoms. The average molecular weight is 468 g/mol. The SMILES string of the molecule is COC[C@]1(C(=O)O)C[C@@H](c2c(C3CCOCC3)n(-c3ccc(F)c(C)c3)c3ccc(O)cc32)C1. The molecule has 2 aromatic carbocycles. The Morgan fingerprint density at radius 1 is 1.18 bits per heavy atom. The van der Waals surface area contributed by atoms with Gasteiger partial charge in [-0.2, -0.15) is 0 Å². The molecular formula is C27H30FNO5. The van der Waals surface area contributed by atoms with Gasteiger partial charge < -0.3 is 24.3 Å². The lowest BCUT2D eigenvalue weighted by Gasteiger charge is -2.45. The summed E-state index contributed by atoms with van der Waals surface area (Å²) in [6.07, 6.45) is 2.65. The van der Waals surface area contributed by atoms with Crippen molar-refractivity contribution in [2.75, 3.05) is 26.9 Å². The molecule has 34 heavy (non-hydrogen) atoms. The number of aryl methyl sites for hydroxylation is 1. The number of aromatic nitrogens is 1. The van der Waals surface area contributed by atoms with Crippen LogP contribution in [-0.4, -0.2) is 47.7 Å². The fourth-order valence-corrected chi connectivity index (χ4v) is 5.89. The van der Waals surface area contributed by atoms with E-state index >= 15 is 0 Å². The zero-order chi connectivity index (χ0) is 24.0. The van der Waals surface area contributed by atoms with Crippen LogP contribution in [0.2, 0.25) is 0 Å². The molecule has 2 fully saturated rings. The number of hydrogen-bond acceptors (Lipinski definition) is 4. The topological polar surface area (TPSA) is 80.9 Å². The maximum atomic E-state index is 14.1. The monoisotopic (exact) mass is 467 g/mol. The summed E-state index contributed by atoms with van der Waals surface area (Å²) in [6, 6.07) is 10.5. The van der Waals surface area contributed by atoms with Gasteiger partial charge in [-0.15, -0.1) is 0 Å². The Balaban J connectivity index is 1.73. The molecule has 2 N–H and O–H groups in total. The van der Waals surface area contributed by atoms with E-state index in [0.29, 0.717) is 31.6 Å². The molecule has 1 saturated carbocycles. The molecule has 0 bridgehead atoms. The van der Waals surface area contributed by atoms with Crippen molar-refractivity contribution in [3.63, 3.8) is 0 Å². The van der Waals surface area contributed by atoms with E-state index in [2.05, 4.69) is 4.57 Å². The predicted molar refractivity (Wildman–Crippen MR) is 126 cm³/mol. The number of rotatable bonds is 6. The van der Waals surface area contributed by atoms with Crippen molar-refractivity contribution >= 4 is 16.9 Å². The van der Waals surface area contributed by atoms with Gasteiger partial charge in [-0.05, 0) is 86.1 Å². The van der Waals surface area contributed by atoms with Crippen molar-refractivity contribution < 1.29 is 28.9 Å². The van der Waals surface area contributed by atoms with Crippen LogP contribution in [0.3, 0.4) is 0 Å². The number of fused-ring (bicyclic) bond motifs is 1. The van der Waals surface area contributed by atoms with E-state index in [0.717, 1.165) is 40.7 Å². The summed E-state index contributed by atoms with van der Waals surface area (Å²) >= 11 is 0. The molecule has 0 amide bonds. The predicted octanol–water partition coefficient (Wildman–Crippen LogP) is 5.27. The number of carboxylic acid groups (broad SMARTS) is 1. The zero-order valence-electron chi connectivity index (χ0n) is 19.5. The van der Waals surface area contributed by atoms with E-state index in [4.69, 9.17) is 9.47 Å². The highest BCUT2D eigenvalue weighted by Gasteiger charge is 2.52. The number of phenols is 1. The fourth-order valence-electron chi connectivity index (χ4n) is 5.89. The first-order chi connectivity index (χ1) is 16.3. The molecule has 2 heterocycles. The van der Waals surface area contributed by atoms with Crippen LogP contribution < -0.4 is 0 Å². The van der Waals surface area contributed by atoms with Crippen LogP contribution in [0.25, 0.3) is 16.6 Å². The molecule has 1 aliphatic heterocycles. The summed E-state index contributed by atoms with van der Waals surface area (Å²) in [6.45, 7) is 3.25. The van der Waals surface area contributed by atoms with E-state index in [1.54, 1.807) is 25.1 Å². The van der Waals surface area contributed by atoms with Crippen molar-refractivity contribution in [2.45, 2.75) is 44.4 Å². The summed E-state index contributed by atoms with van der Waals surface area (Å²) in [7, 11) is 1.53. The van der Waals surface area contributed by atoms with E-state index in [1.165, 1.54) is 13.2 Å². The van der Waals surface area contributed by atoms with Crippen molar-refractivity contribution in [1.82, 2.24) is 4.57 Å². The molecule has 180 valence electrons. The minimum Gasteiger partial charge on any atom is -0.508 e. The smallest absolute Gasteiger partial charge is 0.312 e. The van der Waals surface area contributed by atoms with Gasteiger partial charge >= 0.3 is 5.97 Å². The van der Waals surface area contributed by atoms with Crippen LogP contribution in [0.4, 0.5) is 4.39 Å². The first-order valence-electron chi connectivity index (χ1n) is 11.8. The lowest BCUT2D eigenvalue weighted by molar-refractivity contribution is -0.160. The Bertz CT molecular complexity index is 1240. The molecule has 3 aromatic rings. The third kappa shape index (κ3) is 3.67. The lowest BCUT2D eigenvalue weighted by atomic mass is 9.59. The number of nitrogens with zero attached hydrogens (tertiary/aromatic N) is 1. The van der Waals surface area contributed by atoms with E-state index in [-0.39, 0.29) is 30.0 Å². The lowest BCUT2D eigenvalue weighted by Crippen LogP contribution is -2.46. The van der Waals surface area contributed by atoms with Gasteiger partial charge in [0, 0.05) is 43.0 Å². The molecule has 6 nitrogen and oxygen atoms in total. The average Bonchev–Trinajstić information content (AvgIpc) is 3.12. The van der Waals surface area contributed by atoms with Crippen LogP contribution in [0.5, 0.6) is 5.75 Å².